The van der Waals surface area contributed by atoms with Crippen LogP contribution in [0.25, 0.3) is 5.57 Å². The molecule has 0 saturated heterocycles. The molecule has 0 aliphatic carbocycles. The Morgan fingerprint density at radius 2 is 2.04 bits per heavy atom. The molecule has 1 aliphatic heterocycles. The first kappa shape index (κ1) is 17.6. The van der Waals surface area contributed by atoms with Crippen LogP contribution in [0, 0.1) is 0 Å². The molecule has 3 rings (SSSR count). The van der Waals surface area contributed by atoms with E-state index in [1.807, 2.05) is 31.3 Å². The van der Waals surface area contributed by atoms with E-state index in [1.165, 1.54) is 11.1 Å². The Labute approximate surface area is 153 Å². The van der Waals surface area contributed by atoms with Crippen molar-refractivity contribution >= 4 is 17.2 Å². The number of aliphatic hydroxyl groups is 1. The van der Waals surface area contributed by atoms with Gasteiger partial charge in [0.15, 0.2) is 0 Å². The van der Waals surface area contributed by atoms with Gasteiger partial charge in [0, 0.05) is 38.4 Å². The first-order valence-electron chi connectivity index (χ1n) is 8.25. The lowest BCUT2D eigenvalue weighted by atomic mass is 9.91. The Morgan fingerprint density at radius 1 is 1.20 bits per heavy atom. The molecule has 0 aromatic heterocycles. The van der Waals surface area contributed by atoms with Crippen LogP contribution in [0.3, 0.4) is 0 Å². The van der Waals surface area contributed by atoms with Crippen molar-refractivity contribution in [1.29, 1.82) is 0 Å². The molecule has 1 heterocycles. The summed E-state index contributed by atoms with van der Waals surface area (Å²) in [6.45, 7) is 1.47. The Hall–Kier alpha value is -2.17. The zero-order valence-corrected chi connectivity index (χ0v) is 15.2. The molecule has 25 heavy (non-hydrogen) atoms. The van der Waals surface area contributed by atoms with E-state index in [2.05, 4.69) is 23.2 Å². The molecule has 0 radical (unpaired) electrons. The minimum atomic E-state index is 0.138. The van der Waals surface area contributed by atoms with E-state index < -0.39 is 0 Å². The molecule has 0 saturated carbocycles. The molecule has 0 fully saturated rings. The van der Waals surface area contributed by atoms with Gasteiger partial charge in [-0.3, -0.25) is 0 Å². The molecule has 1 N–H and O–H groups in total. The molecule has 4 nitrogen and oxygen atoms in total. The van der Waals surface area contributed by atoms with Crippen LogP contribution in [0.4, 0.5) is 0 Å². The number of halogens is 1. The highest BCUT2D eigenvalue weighted by molar-refractivity contribution is 6.32. The number of rotatable bonds is 6. The molecule has 0 atom stereocenters. The number of fused-ring (bicyclic) bond motifs is 1. The quantitative estimate of drug-likeness (QED) is 0.793. The van der Waals surface area contributed by atoms with Crippen molar-refractivity contribution in [2.45, 2.75) is 13.0 Å². The largest absolute Gasteiger partial charge is 0.495 e. The number of hydrogen-bond acceptors (Lipinski definition) is 4. The van der Waals surface area contributed by atoms with Gasteiger partial charge in [-0.2, -0.15) is 0 Å². The number of methoxy groups -OCH3 is 1. The van der Waals surface area contributed by atoms with Crippen molar-refractivity contribution in [3.8, 4) is 11.5 Å². The van der Waals surface area contributed by atoms with Gasteiger partial charge in [-0.25, -0.2) is 0 Å². The van der Waals surface area contributed by atoms with Crippen LogP contribution in [0.5, 0.6) is 11.5 Å². The summed E-state index contributed by atoms with van der Waals surface area (Å²) in [5.74, 6) is 1.50. The molecule has 5 heteroatoms. The monoisotopic (exact) mass is 359 g/mol. The van der Waals surface area contributed by atoms with Crippen molar-refractivity contribution in [3.05, 3.63) is 64.3 Å². The van der Waals surface area contributed by atoms with E-state index in [9.17, 15) is 0 Å². The minimum absolute atomic E-state index is 0.138. The number of nitrogens with zero attached hydrogens (tertiary/aromatic N) is 1. The molecular weight excluding hydrogens is 338 g/mol. The number of aliphatic hydroxyl groups excluding tert-OH is 1. The molecular formula is C20H22ClNO3. The van der Waals surface area contributed by atoms with Crippen LogP contribution in [-0.2, 0) is 6.54 Å². The Morgan fingerprint density at radius 3 is 2.76 bits per heavy atom. The first-order valence-corrected chi connectivity index (χ1v) is 8.63. The molecule has 0 amide bonds. The molecule has 0 unspecified atom stereocenters. The van der Waals surface area contributed by atoms with E-state index in [1.54, 1.807) is 7.11 Å². The summed E-state index contributed by atoms with van der Waals surface area (Å²) in [6, 6.07) is 12.0. The maximum absolute atomic E-state index is 8.88. The minimum Gasteiger partial charge on any atom is -0.495 e. The predicted octanol–water partition coefficient (Wildman–Crippen LogP) is 3.94. The van der Waals surface area contributed by atoms with E-state index in [-0.39, 0.29) is 6.61 Å². The fourth-order valence-corrected chi connectivity index (χ4v) is 3.23. The molecule has 0 spiro atoms. The summed E-state index contributed by atoms with van der Waals surface area (Å²) in [4.78, 5) is 2.15. The third-order valence-corrected chi connectivity index (χ3v) is 4.47. The van der Waals surface area contributed by atoms with Crippen molar-refractivity contribution < 1.29 is 14.6 Å². The third-order valence-electron chi connectivity index (χ3n) is 4.17. The molecule has 1 aliphatic rings. The average molecular weight is 360 g/mol. The normalized spacial score (nSPS) is 13.3. The number of ether oxygens (including phenoxy) is 2. The Balaban J connectivity index is 1.93. The highest BCUT2D eigenvalue weighted by atomic mass is 35.5. The van der Waals surface area contributed by atoms with Crippen LogP contribution in [0.1, 0.15) is 23.1 Å². The van der Waals surface area contributed by atoms with Gasteiger partial charge in [0.05, 0.1) is 18.7 Å². The Bertz CT molecular complexity index is 789. The summed E-state index contributed by atoms with van der Waals surface area (Å²) in [7, 11) is 3.66. The van der Waals surface area contributed by atoms with Crippen molar-refractivity contribution in [3.63, 3.8) is 0 Å². The van der Waals surface area contributed by atoms with Crippen molar-refractivity contribution in [1.82, 2.24) is 4.90 Å². The molecule has 132 valence electrons. The lowest BCUT2D eigenvalue weighted by Crippen LogP contribution is -2.17. The van der Waals surface area contributed by atoms with Gasteiger partial charge in [-0.1, -0.05) is 23.7 Å². The highest BCUT2D eigenvalue weighted by Gasteiger charge is 2.18. The van der Waals surface area contributed by atoms with Gasteiger partial charge in [-0.15, -0.1) is 0 Å². The lowest BCUT2D eigenvalue weighted by molar-refractivity contribution is 0.233. The third kappa shape index (κ3) is 3.91. The lowest BCUT2D eigenvalue weighted by Gasteiger charge is -2.26. The van der Waals surface area contributed by atoms with Crippen LogP contribution in [0.2, 0.25) is 5.02 Å². The van der Waals surface area contributed by atoms with Crippen LogP contribution < -0.4 is 9.47 Å². The van der Waals surface area contributed by atoms with Gasteiger partial charge >= 0.3 is 0 Å². The molecule has 2 aromatic rings. The maximum Gasteiger partial charge on any atom is 0.137 e. The van der Waals surface area contributed by atoms with Crippen molar-refractivity contribution in [2.24, 2.45) is 0 Å². The summed E-state index contributed by atoms with van der Waals surface area (Å²) in [5, 5.41) is 9.47. The van der Waals surface area contributed by atoms with Crippen LogP contribution >= 0.6 is 11.6 Å². The standard InChI is InChI=1S/C20H22ClNO3/c1-22-12-15-10-16(25-9-3-8-23)5-6-17(15)18(13-22)14-4-7-20(24-2)19(21)11-14/h4-7,10-11,13,23H,3,8-9,12H2,1-2H3. The predicted molar refractivity (Wildman–Crippen MR) is 100 cm³/mol. The van der Waals surface area contributed by atoms with Gasteiger partial charge in [-0.05, 0) is 41.0 Å². The maximum atomic E-state index is 8.88. The summed E-state index contributed by atoms with van der Waals surface area (Å²) < 4.78 is 10.9. The van der Waals surface area contributed by atoms with E-state index in [0.29, 0.717) is 23.8 Å². The first-order chi connectivity index (χ1) is 12.1. The van der Waals surface area contributed by atoms with Crippen LogP contribution in [0.15, 0.2) is 42.6 Å². The average Bonchev–Trinajstić information content (AvgIpc) is 2.61. The smallest absolute Gasteiger partial charge is 0.137 e. The molecule has 0 bridgehead atoms. The fourth-order valence-electron chi connectivity index (χ4n) is 2.98. The van der Waals surface area contributed by atoms with Gasteiger partial charge in [0.25, 0.3) is 0 Å². The van der Waals surface area contributed by atoms with Crippen LogP contribution in [-0.4, -0.2) is 37.4 Å². The van der Waals surface area contributed by atoms with Gasteiger partial charge < -0.3 is 19.5 Å². The fraction of sp³-hybridized carbons (Fsp3) is 0.300. The topological polar surface area (TPSA) is 41.9 Å². The van der Waals surface area contributed by atoms with Gasteiger partial charge in [0.1, 0.15) is 11.5 Å². The SMILES string of the molecule is COc1ccc(C2=CN(C)Cc3cc(OCCCO)ccc32)cc1Cl. The zero-order valence-electron chi connectivity index (χ0n) is 14.5. The second-order valence-corrected chi connectivity index (χ2v) is 6.46. The van der Waals surface area contributed by atoms with Crippen molar-refractivity contribution in [2.75, 3.05) is 27.4 Å². The van der Waals surface area contributed by atoms with E-state index in [4.69, 9.17) is 26.2 Å². The molecule has 2 aromatic carbocycles. The zero-order chi connectivity index (χ0) is 17.8. The van der Waals surface area contributed by atoms with E-state index in [0.717, 1.165) is 23.4 Å². The summed E-state index contributed by atoms with van der Waals surface area (Å²) in [5.41, 5.74) is 4.55. The Kier molecular flexibility index (Phi) is 5.51. The van der Waals surface area contributed by atoms with E-state index >= 15 is 0 Å². The second-order valence-electron chi connectivity index (χ2n) is 6.05. The van der Waals surface area contributed by atoms with Gasteiger partial charge in [0.2, 0.25) is 0 Å². The summed E-state index contributed by atoms with van der Waals surface area (Å²) >= 11 is 6.30. The second kappa shape index (κ2) is 7.81. The number of hydrogen-bond donors (Lipinski definition) is 1. The number of benzene rings is 2. The summed E-state index contributed by atoms with van der Waals surface area (Å²) in [6.07, 6.45) is 2.76. The highest BCUT2D eigenvalue weighted by Crippen LogP contribution is 2.36.